The highest BCUT2D eigenvalue weighted by molar-refractivity contribution is 14.0. The molecule has 2 aromatic rings. The van der Waals surface area contributed by atoms with Crippen molar-refractivity contribution in [1.82, 2.24) is 10.6 Å². The Labute approximate surface area is 190 Å². The lowest BCUT2D eigenvalue weighted by molar-refractivity contribution is 0.122. The molecule has 2 N–H and O–H groups in total. The molecule has 0 saturated carbocycles. The van der Waals surface area contributed by atoms with E-state index in [2.05, 4.69) is 46.7 Å². The second-order valence-corrected chi connectivity index (χ2v) is 6.51. The van der Waals surface area contributed by atoms with E-state index in [1.165, 1.54) is 11.3 Å². The van der Waals surface area contributed by atoms with E-state index in [9.17, 15) is 0 Å². The topological polar surface area (TPSA) is 58.1 Å². The molecule has 158 valence electrons. The molecule has 1 fully saturated rings. The van der Waals surface area contributed by atoms with Crippen molar-refractivity contribution in [1.29, 1.82) is 0 Å². The maximum atomic E-state index is 5.73. The van der Waals surface area contributed by atoms with Crippen LogP contribution in [0.1, 0.15) is 12.5 Å². The first-order valence-electron chi connectivity index (χ1n) is 9.97. The molecule has 1 saturated heterocycles. The van der Waals surface area contributed by atoms with Crippen LogP contribution in [-0.2, 0) is 11.3 Å². The molecule has 0 bridgehead atoms. The van der Waals surface area contributed by atoms with Gasteiger partial charge in [0.25, 0.3) is 0 Å². The molecule has 29 heavy (non-hydrogen) atoms. The third-order valence-electron chi connectivity index (χ3n) is 4.50. The van der Waals surface area contributed by atoms with Gasteiger partial charge in [-0.05, 0) is 30.7 Å². The monoisotopic (exact) mass is 510 g/mol. The Hall–Kier alpha value is -2.00. The van der Waals surface area contributed by atoms with Gasteiger partial charge in [0.1, 0.15) is 12.4 Å². The number of morpholine rings is 1. The minimum atomic E-state index is 0. The maximum Gasteiger partial charge on any atom is 0.191 e. The molecule has 7 heteroatoms. The first kappa shape index (κ1) is 23.3. The Kier molecular flexibility index (Phi) is 10.6. The van der Waals surface area contributed by atoms with Gasteiger partial charge in [0.05, 0.1) is 26.3 Å². The number of anilines is 1. The van der Waals surface area contributed by atoms with E-state index in [-0.39, 0.29) is 24.0 Å². The summed E-state index contributed by atoms with van der Waals surface area (Å²) in [5.74, 6) is 1.68. The predicted octanol–water partition coefficient (Wildman–Crippen LogP) is 3.28. The van der Waals surface area contributed by atoms with Gasteiger partial charge in [0, 0.05) is 25.3 Å². The van der Waals surface area contributed by atoms with Crippen LogP contribution in [0, 0.1) is 0 Å². The first-order valence-corrected chi connectivity index (χ1v) is 9.97. The number of ether oxygens (including phenoxy) is 2. The lowest BCUT2D eigenvalue weighted by Crippen LogP contribution is -2.39. The van der Waals surface area contributed by atoms with Crippen molar-refractivity contribution < 1.29 is 9.47 Å². The molecule has 0 radical (unpaired) electrons. The van der Waals surface area contributed by atoms with Gasteiger partial charge in [0.15, 0.2) is 5.96 Å². The van der Waals surface area contributed by atoms with Crippen LogP contribution >= 0.6 is 24.0 Å². The Balaban J connectivity index is 0.00000300. The van der Waals surface area contributed by atoms with Crippen molar-refractivity contribution >= 4 is 35.6 Å². The smallest absolute Gasteiger partial charge is 0.191 e. The van der Waals surface area contributed by atoms with Crippen LogP contribution in [0.5, 0.6) is 5.75 Å². The van der Waals surface area contributed by atoms with Gasteiger partial charge >= 0.3 is 0 Å². The number of benzene rings is 2. The molecule has 0 amide bonds. The number of halogens is 1. The Bertz CT molecular complexity index is 737. The van der Waals surface area contributed by atoms with E-state index in [4.69, 9.17) is 14.5 Å². The number of guanidine groups is 1. The second-order valence-electron chi connectivity index (χ2n) is 6.51. The molecule has 2 aromatic carbocycles. The second kappa shape index (κ2) is 13.3. The molecule has 1 heterocycles. The maximum absolute atomic E-state index is 5.73. The molecular weight excluding hydrogens is 479 g/mol. The molecular formula is C22H31IN4O2. The number of hydrogen-bond acceptors (Lipinski definition) is 4. The van der Waals surface area contributed by atoms with Crippen molar-refractivity contribution in [3.8, 4) is 5.75 Å². The molecule has 0 unspecified atom stereocenters. The SMILES string of the molecule is CCNC(=NCc1ccccc1N1CCOCC1)NCCOc1ccccc1.I. The van der Waals surface area contributed by atoms with Crippen LogP contribution in [0.15, 0.2) is 59.6 Å². The summed E-state index contributed by atoms with van der Waals surface area (Å²) in [5.41, 5.74) is 2.47. The van der Waals surface area contributed by atoms with Crippen molar-refractivity contribution in [2.24, 2.45) is 4.99 Å². The number of hydrogen-bond donors (Lipinski definition) is 2. The van der Waals surface area contributed by atoms with Gasteiger partial charge in [0.2, 0.25) is 0 Å². The van der Waals surface area contributed by atoms with Gasteiger partial charge < -0.3 is 25.0 Å². The summed E-state index contributed by atoms with van der Waals surface area (Å²) in [7, 11) is 0. The number of nitrogens with one attached hydrogen (secondary N) is 2. The summed E-state index contributed by atoms with van der Waals surface area (Å²) in [6, 6.07) is 18.3. The summed E-state index contributed by atoms with van der Waals surface area (Å²) in [4.78, 5) is 7.14. The Morgan fingerprint density at radius 3 is 2.52 bits per heavy atom. The summed E-state index contributed by atoms with van der Waals surface area (Å²) in [6.45, 7) is 8.20. The largest absolute Gasteiger partial charge is 0.492 e. The van der Waals surface area contributed by atoms with Crippen LogP contribution in [0.4, 0.5) is 5.69 Å². The lowest BCUT2D eigenvalue weighted by atomic mass is 10.1. The lowest BCUT2D eigenvalue weighted by Gasteiger charge is -2.30. The summed E-state index contributed by atoms with van der Waals surface area (Å²) in [5, 5.41) is 6.64. The minimum Gasteiger partial charge on any atom is -0.492 e. The zero-order chi connectivity index (χ0) is 19.4. The van der Waals surface area contributed by atoms with Gasteiger partial charge in [-0.15, -0.1) is 24.0 Å². The first-order chi connectivity index (χ1) is 13.9. The van der Waals surface area contributed by atoms with Crippen LogP contribution < -0.4 is 20.3 Å². The number of rotatable bonds is 8. The number of aliphatic imine (C=N–C) groups is 1. The fourth-order valence-electron chi connectivity index (χ4n) is 3.12. The predicted molar refractivity (Wildman–Crippen MR) is 130 cm³/mol. The van der Waals surface area contributed by atoms with E-state index in [1.54, 1.807) is 0 Å². The van der Waals surface area contributed by atoms with E-state index >= 15 is 0 Å². The van der Waals surface area contributed by atoms with Crippen LogP contribution in [0.2, 0.25) is 0 Å². The molecule has 0 aliphatic carbocycles. The zero-order valence-corrected chi connectivity index (χ0v) is 19.3. The molecule has 0 aromatic heterocycles. The molecule has 0 atom stereocenters. The Morgan fingerprint density at radius 1 is 1.03 bits per heavy atom. The van der Waals surface area contributed by atoms with E-state index in [0.29, 0.717) is 19.7 Å². The third-order valence-corrected chi connectivity index (χ3v) is 4.50. The highest BCUT2D eigenvalue weighted by Crippen LogP contribution is 2.22. The quantitative estimate of drug-likeness (QED) is 0.247. The van der Waals surface area contributed by atoms with E-state index < -0.39 is 0 Å². The van der Waals surface area contributed by atoms with Crippen molar-refractivity contribution in [2.75, 3.05) is 50.9 Å². The molecule has 6 nitrogen and oxygen atoms in total. The molecule has 0 spiro atoms. The Morgan fingerprint density at radius 2 is 1.76 bits per heavy atom. The molecule has 1 aliphatic heterocycles. The van der Waals surface area contributed by atoms with E-state index in [0.717, 1.165) is 44.6 Å². The van der Waals surface area contributed by atoms with Gasteiger partial charge in [-0.3, -0.25) is 0 Å². The van der Waals surface area contributed by atoms with Crippen molar-refractivity contribution in [3.63, 3.8) is 0 Å². The van der Waals surface area contributed by atoms with E-state index in [1.807, 2.05) is 30.3 Å². The highest BCUT2D eigenvalue weighted by atomic mass is 127. The standard InChI is InChI=1S/C22H30N4O2.HI/c1-2-23-22(24-12-15-28-20-9-4-3-5-10-20)25-18-19-8-6-7-11-21(19)26-13-16-27-17-14-26;/h3-11H,2,12-18H2,1H3,(H2,23,24,25);1H. The summed E-state index contributed by atoms with van der Waals surface area (Å²) >= 11 is 0. The van der Waals surface area contributed by atoms with Crippen molar-refractivity contribution in [2.45, 2.75) is 13.5 Å². The van der Waals surface area contributed by atoms with Crippen LogP contribution in [0.25, 0.3) is 0 Å². The summed E-state index contributed by atoms with van der Waals surface area (Å²) in [6.07, 6.45) is 0. The average Bonchev–Trinajstić information content (AvgIpc) is 2.76. The fraction of sp³-hybridized carbons (Fsp3) is 0.409. The molecule has 3 rings (SSSR count). The van der Waals surface area contributed by atoms with Crippen LogP contribution in [0.3, 0.4) is 0 Å². The zero-order valence-electron chi connectivity index (χ0n) is 17.0. The molecule has 1 aliphatic rings. The van der Waals surface area contributed by atoms with Gasteiger partial charge in [-0.2, -0.15) is 0 Å². The summed E-state index contributed by atoms with van der Waals surface area (Å²) < 4.78 is 11.2. The average molecular weight is 510 g/mol. The normalized spacial score (nSPS) is 14.1. The van der Waals surface area contributed by atoms with Gasteiger partial charge in [-0.1, -0.05) is 36.4 Å². The minimum absolute atomic E-state index is 0. The fourth-order valence-corrected chi connectivity index (χ4v) is 3.12. The highest BCUT2D eigenvalue weighted by Gasteiger charge is 2.14. The number of nitrogens with zero attached hydrogens (tertiary/aromatic N) is 2. The van der Waals surface area contributed by atoms with Crippen LogP contribution in [-0.4, -0.2) is 52.0 Å². The van der Waals surface area contributed by atoms with Crippen molar-refractivity contribution in [3.05, 3.63) is 60.2 Å². The van der Waals surface area contributed by atoms with Gasteiger partial charge in [-0.25, -0.2) is 4.99 Å². The third kappa shape index (κ3) is 7.74. The number of para-hydroxylation sites is 2.